The fourth-order valence-corrected chi connectivity index (χ4v) is 4.30. The van der Waals surface area contributed by atoms with Crippen LogP contribution >= 0.6 is 0 Å². The van der Waals surface area contributed by atoms with E-state index in [1.807, 2.05) is 23.1 Å². The van der Waals surface area contributed by atoms with Crippen LogP contribution in [0.1, 0.15) is 30.9 Å². The maximum atomic E-state index is 12.8. The zero-order valence-corrected chi connectivity index (χ0v) is 16.1. The first-order valence-corrected chi connectivity index (χ1v) is 10.8. The SMILES string of the molecule is C[C@]1(c2ccccc2)CCCN(C(=O)Cc2ccc(S(C)(=O)=O)cc2)C1. The highest BCUT2D eigenvalue weighted by Crippen LogP contribution is 2.33. The monoisotopic (exact) mass is 371 g/mol. The van der Waals surface area contributed by atoms with E-state index in [1.165, 1.54) is 11.8 Å². The molecule has 138 valence electrons. The summed E-state index contributed by atoms with van der Waals surface area (Å²) in [6.07, 6.45) is 3.55. The third kappa shape index (κ3) is 4.15. The van der Waals surface area contributed by atoms with E-state index in [-0.39, 0.29) is 16.2 Å². The van der Waals surface area contributed by atoms with Crippen molar-refractivity contribution in [2.24, 2.45) is 0 Å². The number of nitrogens with zero attached hydrogens (tertiary/aromatic N) is 1. The maximum Gasteiger partial charge on any atom is 0.227 e. The third-order valence-corrected chi connectivity index (χ3v) is 6.36. The van der Waals surface area contributed by atoms with Crippen molar-refractivity contribution >= 4 is 15.7 Å². The van der Waals surface area contributed by atoms with Gasteiger partial charge in [0.05, 0.1) is 11.3 Å². The second-order valence-electron chi connectivity index (χ2n) is 7.44. The predicted octanol–water partition coefficient (Wildman–Crippen LogP) is 3.21. The van der Waals surface area contributed by atoms with E-state index < -0.39 is 9.84 Å². The number of likely N-dealkylation sites (tertiary alicyclic amines) is 1. The van der Waals surface area contributed by atoms with E-state index >= 15 is 0 Å². The first-order chi connectivity index (χ1) is 12.3. The van der Waals surface area contributed by atoms with Crippen LogP contribution in [0.2, 0.25) is 0 Å². The Hall–Kier alpha value is -2.14. The molecule has 1 aliphatic heterocycles. The summed E-state index contributed by atoms with van der Waals surface area (Å²) in [5.41, 5.74) is 2.10. The van der Waals surface area contributed by atoms with Crippen molar-refractivity contribution in [3.05, 3.63) is 65.7 Å². The van der Waals surface area contributed by atoms with Crippen LogP contribution < -0.4 is 0 Å². The molecule has 0 aliphatic carbocycles. The van der Waals surface area contributed by atoms with E-state index in [4.69, 9.17) is 0 Å². The summed E-state index contributed by atoms with van der Waals surface area (Å²) >= 11 is 0. The van der Waals surface area contributed by atoms with Gasteiger partial charge in [0.2, 0.25) is 5.91 Å². The molecule has 26 heavy (non-hydrogen) atoms. The van der Waals surface area contributed by atoms with Crippen molar-refractivity contribution in [3.8, 4) is 0 Å². The standard InChI is InChI=1S/C21H25NO3S/c1-21(18-7-4-3-5-8-18)13-6-14-22(16-21)20(23)15-17-9-11-19(12-10-17)26(2,24)25/h3-5,7-12H,6,13-16H2,1-2H3/t21-/m0/s1. The molecule has 0 bridgehead atoms. The van der Waals surface area contributed by atoms with E-state index in [9.17, 15) is 13.2 Å². The Bertz CT molecular complexity index is 875. The van der Waals surface area contributed by atoms with Crippen LogP contribution in [0.15, 0.2) is 59.5 Å². The molecule has 1 atom stereocenters. The smallest absolute Gasteiger partial charge is 0.227 e. The summed E-state index contributed by atoms with van der Waals surface area (Å²) in [5.74, 6) is 0.0963. The Morgan fingerprint density at radius 1 is 1.08 bits per heavy atom. The molecule has 1 heterocycles. The van der Waals surface area contributed by atoms with Crippen molar-refractivity contribution in [1.82, 2.24) is 4.90 Å². The van der Waals surface area contributed by atoms with Gasteiger partial charge in [-0.1, -0.05) is 49.4 Å². The molecule has 1 saturated heterocycles. The number of hydrogen-bond donors (Lipinski definition) is 0. The minimum atomic E-state index is -3.21. The second-order valence-corrected chi connectivity index (χ2v) is 9.45. The molecule has 2 aromatic carbocycles. The fraction of sp³-hybridized carbons (Fsp3) is 0.381. The number of benzene rings is 2. The molecule has 0 unspecified atom stereocenters. The highest BCUT2D eigenvalue weighted by Gasteiger charge is 2.34. The summed E-state index contributed by atoms with van der Waals surface area (Å²) < 4.78 is 23.1. The summed E-state index contributed by atoms with van der Waals surface area (Å²) in [7, 11) is -3.21. The number of amides is 1. The van der Waals surface area contributed by atoms with Crippen molar-refractivity contribution in [3.63, 3.8) is 0 Å². The number of sulfone groups is 1. The zero-order chi connectivity index (χ0) is 18.8. The molecule has 0 spiro atoms. The van der Waals surface area contributed by atoms with Gasteiger partial charge >= 0.3 is 0 Å². The van der Waals surface area contributed by atoms with Gasteiger partial charge in [-0.3, -0.25) is 4.79 Å². The molecule has 0 radical (unpaired) electrons. The molecule has 4 nitrogen and oxygen atoms in total. The molecule has 0 N–H and O–H groups in total. The summed E-state index contributed by atoms with van der Waals surface area (Å²) in [5, 5.41) is 0. The summed E-state index contributed by atoms with van der Waals surface area (Å²) in [6.45, 7) is 3.72. The molecule has 1 amide bonds. The van der Waals surface area contributed by atoms with E-state index in [0.29, 0.717) is 6.42 Å². The average molecular weight is 372 g/mol. The van der Waals surface area contributed by atoms with E-state index in [1.54, 1.807) is 24.3 Å². The normalized spacial score (nSPS) is 20.8. The van der Waals surface area contributed by atoms with Gasteiger partial charge in [0.15, 0.2) is 9.84 Å². The molecule has 3 rings (SSSR count). The molecular weight excluding hydrogens is 346 g/mol. The quantitative estimate of drug-likeness (QED) is 0.829. The first kappa shape index (κ1) is 18.6. The van der Waals surface area contributed by atoms with Gasteiger partial charge in [-0.15, -0.1) is 0 Å². The van der Waals surface area contributed by atoms with Gasteiger partial charge < -0.3 is 4.90 Å². The molecule has 1 aliphatic rings. The van der Waals surface area contributed by atoms with Crippen LogP contribution in [0.4, 0.5) is 0 Å². The van der Waals surface area contributed by atoms with Crippen LogP contribution in [0.25, 0.3) is 0 Å². The number of piperidine rings is 1. The average Bonchev–Trinajstić information content (AvgIpc) is 2.62. The highest BCUT2D eigenvalue weighted by atomic mass is 32.2. The minimum Gasteiger partial charge on any atom is -0.342 e. The van der Waals surface area contributed by atoms with E-state index in [2.05, 4.69) is 19.1 Å². The predicted molar refractivity (Wildman–Crippen MR) is 103 cm³/mol. The van der Waals surface area contributed by atoms with Gasteiger partial charge in [-0.2, -0.15) is 0 Å². The largest absolute Gasteiger partial charge is 0.342 e. The van der Waals surface area contributed by atoms with Crippen molar-refractivity contribution in [2.45, 2.75) is 36.5 Å². The van der Waals surface area contributed by atoms with E-state index in [0.717, 1.165) is 31.5 Å². The Labute approximate surface area is 155 Å². The highest BCUT2D eigenvalue weighted by molar-refractivity contribution is 7.90. The number of carbonyl (C=O) groups excluding carboxylic acids is 1. The molecular formula is C21H25NO3S. The Morgan fingerprint density at radius 3 is 2.35 bits per heavy atom. The number of hydrogen-bond acceptors (Lipinski definition) is 3. The Kier molecular flexibility index (Phi) is 5.19. The van der Waals surface area contributed by atoms with Crippen LogP contribution in [0.5, 0.6) is 0 Å². The molecule has 5 heteroatoms. The Balaban J connectivity index is 1.70. The van der Waals surface area contributed by atoms with Crippen LogP contribution in [-0.2, 0) is 26.5 Å². The van der Waals surface area contributed by atoms with Crippen LogP contribution in [0.3, 0.4) is 0 Å². The lowest BCUT2D eigenvalue weighted by Crippen LogP contribution is -2.47. The van der Waals surface area contributed by atoms with Gasteiger partial charge in [0, 0.05) is 24.8 Å². The van der Waals surface area contributed by atoms with Crippen molar-refractivity contribution < 1.29 is 13.2 Å². The number of rotatable bonds is 4. The Morgan fingerprint density at radius 2 is 1.73 bits per heavy atom. The lowest BCUT2D eigenvalue weighted by atomic mass is 9.76. The molecule has 0 saturated carbocycles. The first-order valence-electron chi connectivity index (χ1n) is 8.90. The van der Waals surface area contributed by atoms with Gasteiger partial charge in [-0.05, 0) is 36.1 Å². The van der Waals surface area contributed by atoms with Crippen molar-refractivity contribution in [1.29, 1.82) is 0 Å². The van der Waals surface area contributed by atoms with Gasteiger partial charge in [-0.25, -0.2) is 8.42 Å². The minimum absolute atomic E-state index is 0.0185. The fourth-order valence-electron chi connectivity index (χ4n) is 3.67. The van der Waals surface area contributed by atoms with Crippen LogP contribution in [-0.4, -0.2) is 38.6 Å². The molecule has 2 aromatic rings. The lowest BCUT2D eigenvalue weighted by Gasteiger charge is -2.41. The van der Waals surface area contributed by atoms with Gasteiger partial charge in [0.25, 0.3) is 0 Å². The molecule has 0 aromatic heterocycles. The third-order valence-electron chi connectivity index (χ3n) is 5.23. The van der Waals surface area contributed by atoms with Crippen LogP contribution in [0, 0.1) is 0 Å². The lowest BCUT2D eigenvalue weighted by molar-refractivity contribution is -0.132. The molecule has 1 fully saturated rings. The summed E-state index contributed by atoms with van der Waals surface area (Å²) in [4.78, 5) is 15.0. The topological polar surface area (TPSA) is 54.5 Å². The maximum absolute atomic E-state index is 12.8. The van der Waals surface area contributed by atoms with Gasteiger partial charge in [0.1, 0.15) is 0 Å². The zero-order valence-electron chi connectivity index (χ0n) is 15.3. The summed E-state index contributed by atoms with van der Waals surface area (Å²) in [6, 6.07) is 17.0. The number of carbonyl (C=O) groups is 1. The second kappa shape index (κ2) is 7.23. The van der Waals surface area contributed by atoms with Crippen molar-refractivity contribution in [2.75, 3.05) is 19.3 Å².